The zero-order chi connectivity index (χ0) is 24.6. The van der Waals surface area contributed by atoms with Crippen LogP contribution in [-0.4, -0.2) is 25.7 Å². The maximum atomic E-state index is 12.5. The lowest BCUT2D eigenvalue weighted by Gasteiger charge is -2.24. The summed E-state index contributed by atoms with van der Waals surface area (Å²) in [6.45, 7) is 5.74. The molecule has 10 heteroatoms. The molecule has 0 aliphatic heterocycles. The van der Waals surface area contributed by atoms with Crippen molar-refractivity contribution in [2.45, 2.75) is 32.3 Å². The molecule has 0 fully saturated rings. The van der Waals surface area contributed by atoms with Crippen molar-refractivity contribution in [2.75, 3.05) is 16.4 Å². The molecule has 2 heterocycles. The number of nitrogens with zero attached hydrogens (tertiary/aromatic N) is 3. The summed E-state index contributed by atoms with van der Waals surface area (Å²) in [5, 5.41) is 22.2. The topological polar surface area (TPSA) is 118 Å². The maximum absolute atomic E-state index is 12.5. The molecule has 8 nitrogen and oxygen atoms in total. The van der Waals surface area contributed by atoms with Gasteiger partial charge in [0.15, 0.2) is 5.82 Å². The number of nitrogen functional groups attached to an aromatic ring is 1. The molecule has 2 aromatic carbocycles. The van der Waals surface area contributed by atoms with Gasteiger partial charge in [0.1, 0.15) is 17.4 Å². The Morgan fingerprint density at radius 1 is 1.15 bits per heavy atom. The highest BCUT2D eigenvalue weighted by atomic mass is 35.5. The van der Waals surface area contributed by atoms with E-state index >= 15 is 0 Å². The van der Waals surface area contributed by atoms with E-state index < -0.39 is 11.6 Å². The number of carbonyl (C=O) groups excluding carboxylic acids is 1. The second-order valence-electron chi connectivity index (χ2n) is 8.40. The Bertz CT molecular complexity index is 1380. The second-order valence-corrected chi connectivity index (χ2v) is 9.24. The molecule has 0 aliphatic rings. The smallest absolute Gasteiger partial charge is 0.323 e. The van der Waals surface area contributed by atoms with Crippen molar-refractivity contribution in [2.24, 2.45) is 0 Å². The molecule has 2 aromatic heterocycles. The Kier molecular flexibility index (Phi) is 6.40. The lowest BCUT2D eigenvalue weighted by Crippen LogP contribution is -2.24. The molecule has 176 valence electrons. The number of rotatable bonds is 5. The molecule has 1 atom stereocenters. The Balaban J connectivity index is 1.65. The summed E-state index contributed by atoms with van der Waals surface area (Å²) in [6, 6.07) is 13.1. The van der Waals surface area contributed by atoms with Crippen LogP contribution in [0.5, 0.6) is 0 Å². The second kappa shape index (κ2) is 9.13. The van der Waals surface area contributed by atoms with Gasteiger partial charge < -0.3 is 21.5 Å². The first-order valence-electron chi connectivity index (χ1n) is 10.6. The van der Waals surface area contributed by atoms with Crippen molar-refractivity contribution in [1.29, 1.82) is 0 Å². The molecule has 4 rings (SSSR count). The molecule has 4 aromatic rings. The molecule has 0 saturated heterocycles. The molecule has 0 saturated carbocycles. The van der Waals surface area contributed by atoms with Crippen LogP contribution in [0.25, 0.3) is 5.52 Å². The number of hydrogen-bond donors (Lipinski definition) is 4. The number of benzene rings is 2. The molecule has 34 heavy (non-hydrogen) atoms. The quantitative estimate of drug-likeness (QED) is 0.284. The van der Waals surface area contributed by atoms with Crippen LogP contribution < -0.4 is 16.4 Å². The predicted molar refractivity (Wildman–Crippen MR) is 136 cm³/mol. The van der Waals surface area contributed by atoms with E-state index in [1.807, 2.05) is 19.9 Å². The van der Waals surface area contributed by atoms with Crippen LogP contribution in [0.2, 0.25) is 10.0 Å². The molecule has 5 N–H and O–H groups in total. The highest BCUT2D eigenvalue weighted by Crippen LogP contribution is 2.37. The summed E-state index contributed by atoms with van der Waals surface area (Å²) in [7, 11) is 0. The number of nitrogens with two attached hydrogens (primary N) is 1. The van der Waals surface area contributed by atoms with Crippen molar-refractivity contribution in [3.05, 3.63) is 81.7 Å². The summed E-state index contributed by atoms with van der Waals surface area (Å²) in [5.74, 6) is 0.411. The number of halogens is 2. The van der Waals surface area contributed by atoms with Crippen LogP contribution in [0.1, 0.15) is 43.5 Å². The van der Waals surface area contributed by atoms with Crippen molar-refractivity contribution >= 4 is 51.9 Å². The normalized spacial score (nSPS) is 13.1. The minimum absolute atomic E-state index is 0.141. The van der Waals surface area contributed by atoms with Gasteiger partial charge >= 0.3 is 6.03 Å². The summed E-state index contributed by atoms with van der Waals surface area (Å²) in [5.41, 5.74) is 8.20. The highest BCUT2D eigenvalue weighted by molar-refractivity contribution is 6.36. The summed E-state index contributed by atoms with van der Waals surface area (Å²) in [6.07, 6.45) is 1.39. The van der Waals surface area contributed by atoms with Gasteiger partial charge in [-0.05, 0) is 54.8 Å². The third-order valence-electron chi connectivity index (χ3n) is 5.59. The summed E-state index contributed by atoms with van der Waals surface area (Å²) < 4.78 is 1.71. The van der Waals surface area contributed by atoms with E-state index in [-0.39, 0.29) is 11.7 Å². The van der Waals surface area contributed by atoms with Gasteiger partial charge in [-0.15, -0.1) is 0 Å². The van der Waals surface area contributed by atoms with Crippen LogP contribution in [0.3, 0.4) is 0 Å². The van der Waals surface area contributed by atoms with E-state index in [1.165, 1.54) is 6.33 Å². The van der Waals surface area contributed by atoms with Crippen molar-refractivity contribution in [1.82, 2.24) is 14.6 Å². The number of nitrogens with one attached hydrogen (secondary N) is 2. The zero-order valence-corrected chi connectivity index (χ0v) is 20.3. The fourth-order valence-corrected chi connectivity index (χ4v) is 4.26. The number of anilines is 3. The first-order chi connectivity index (χ1) is 16.1. The number of carbonyl (C=O) groups is 1. The fraction of sp³-hybridized carbons (Fsp3) is 0.208. The van der Waals surface area contributed by atoms with Gasteiger partial charge in [0.25, 0.3) is 0 Å². The Morgan fingerprint density at radius 2 is 1.91 bits per heavy atom. The van der Waals surface area contributed by atoms with Gasteiger partial charge in [-0.3, -0.25) is 0 Å². The maximum Gasteiger partial charge on any atom is 0.323 e. The Morgan fingerprint density at radius 3 is 2.62 bits per heavy atom. The van der Waals surface area contributed by atoms with Crippen molar-refractivity contribution in [3.8, 4) is 0 Å². The van der Waals surface area contributed by atoms with Gasteiger partial charge in [-0.1, -0.05) is 49.2 Å². The van der Waals surface area contributed by atoms with Crippen LogP contribution in [0, 0.1) is 0 Å². The highest BCUT2D eigenvalue weighted by Gasteiger charge is 2.32. The van der Waals surface area contributed by atoms with Gasteiger partial charge in [-0.25, -0.2) is 14.3 Å². The molecule has 0 radical (unpaired) electrons. The zero-order valence-electron chi connectivity index (χ0n) is 18.8. The van der Waals surface area contributed by atoms with Crippen LogP contribution in [0.4, 0.5) is 22.0 Å². The largest absolute Gasteiger partial charge is 0.382 e. The molecular weight excluding hydrogens is 475 g/mol. The first kappa shape index (κ1) is 23.8. The average molecular weight is 499 g/mol. The predicted octanol–water partition coefficient (Wildman–Crippen LogP) is 5.64. The van der Waals surface area contributed by atoms with Gasteiger partial charge in [0.2, 0.25) is 0 Å². The average Bonchev–Trinajstić information content (AvgIpc) is 3.18. The van der Waals surface area contributed by atoms with E-state index in [0.29, 0.717) is 38.1 Å². The number of urea groups is 1. The number of hydrogen-bond acceptors (Lipinski definition) is 5. The number of fused-ring (bicyclic) bond motifs is 1. The SMILES string of the molecule is CC(C)c1cc(C(C)(O)c2cccc(NC(=O)Nc3ccc(Cl)cc3Cl)c2)c2c(N)ncnn12. The van der Waals surface area contributed by atoms with Crippen molar-refractivity contribution < 1.29 is 9.90 Å². The monoisotopic (exact) mass is 498 g/mol. The minimum Gasteiger partial charge on any atom is -0.382 e. The van der Waals surface area contributed by atoms with E-state index in [1.54, 1.807) is 53.9 Å². The van der Waals surface area contributed by atoms with Crippen LogP contribution in [-0.2, 0) is 5.60 Å². The molecular formula is C24H24Cl2N6O2. The Hall–Kier alpha value is -3.33. The Labute approximate surface area is 206 Å². The van der Waals surface area contributed by atoms with E-state index in [2.05, 4.69) is 20.7 Å². The van der Waals surface area contributed by atoms with E-state index in [0.717, 1.165) is 5.69 Å². The summed E-state index contributed by atoms with van der Waals surface area (Å²) >= 11 is 12.0. The lowest BCUT2D eigenvalue weighted by molar-refractivity contribution is 0.104. The van der Waals surface area contributed by atoms with Gasteiger partial charge in [0.05, 0.1) is 10.7 Å². The van der Waals surface area contributed by atoms with E-state index in [4.69, 9.17) is 28.9 Å². The van der Waals surface area contributed by atoms with Crippen LogP contribution >= 0.6 is 23.2 Å². The fourth-order valence-electron chi connectivity index (χ4n) is 3.81. The standard InChI is InChI=1S/C24H24Cl2N6O2/c1-13(2)20-11-17(21-22(27)28-12-29-32(20)21)24(3,34)14-5-4-6-16(9-14)30-23(33)31-19-8-7-15(25)10-18(19)26/h4-13,34H,1-3H3,(H2,27,28,29)(H2,30,31,33). The van der Waals surface area contributed by atoms with Gasteiger partial charge in [0, 0.05) is 22.0 Å². The molecule has 0 aliphatic carbocycles. The first-order valence-corrected chi connectivity index (χ1v) is 11.3. The molecule has 0 spiro atoms. The number of amides is 2. The minimum atomic E-state index is -1.44. The van der Waals surface area contributed by atoms with Gasteiger partial charge in [-0.2, -0.15) is 5.10 Å². The third kappa shape index (κ3) is 4.52. The molecule has 1 unspecified atom stereocenters. The summed E-state index contributed by atoms with van der Waals surface area (Å²) in [4.78, 5) is 16.6. The third-order valence-corrected chi connectivity index (χ3v) is 6.14. The molecule has 2 amide bonds. The van der Waals surface area contributed by atoms with Crippen molar-refractivity contribution in [3.63, 3.8) is 0 Å². The van der Waals surface area contributed by atoms with E-state index in [9.17, 15) is 9.90 Å². The molecule has 0 bridgehead atoms. The number of aliphatic hydroxyl groups is 1. The number of aromatic nitrogens is 3. The van der Waals surface area contributed by atoms with Crippen LogP contribution in [0.15, 0.2) is 54.9 Å². The lowest BCUT2D eigenvalue weighted by atomic mass is 9.88.